The summed E-state index contributed by atoms with van der Waals surface area (Å²) in [5, 5.41) is 2.98. The van der Waals surface area contributed by atoms with E-state index in [-0.39, 0.29) is 5.91 Å². The van der Waals surface area contributed by atoms with Crippen molar-refractivity contribution in [2.45, 2.75) is 19.3 Å². The van der Waals surface area contributed by atoms with Crippen molar-refractivity contribution in [3.05, 3.63) is 83.9 Å². The lowest BCUT2D eigenvalue weighted by Gasteiger charge is -2.31. The highest BCUT2D eigenvalue weighted by atomic mass is 16.5. The van der Waals surface area contributed by atoms with E-state index in [0.29, 0.717) is 6.42 Å². The molecule has 3 aromatic carbocycles. The van der Waals surface area contributed by atoms with Gasteiger partial charge in [0.1, 0.15) is 5.75 Å². The van der Waals surface area contributed by atoms with Gasteiger partial charge in [0, 0.05) is 23.6 Å². The Morgan fingerprint density at radius 3 is 2.50 bits per heavy atom. The minimum Gasteiger partial charge on any atom is -0.497 e. The zero-order chi connectivity index (χ0) is 19.3. The molecule has 28 heavy (non-hydrogen) atoms. The van der Waals surface area contributed by atoms with Crippen LogP contribution in [0.5, 0.6) is 5.75 Å². The number of rotatable bonds is 5. The first-order valence-electron chi connectivity index (χ1n) is 9.61. The second-order valence-electron chi connectivity index (χ2n) is 7.00. The number of amides is 1. The van der Waals surface area contributed by atoms with Gasteiger partial charge in [0.2, 0.25) is 5.91 Å². The minimum atomic E-state index is -0.0266. The lowest BCUT2D eigenvalue weighted by Crippen LogP contribution is -2.24. The molecule has 0 saturated carbocycles. The lowest BCUT2D eigenvalue weighted by atomic mass is 10.0. The molecule has 0 atom stereocenters. The summed E-state index contributed by atoms with van der Waals surface area (Å²) in [5.41, 5.74) is 5.60. The Morgan fingerprint density at radius 1 is 1.00 bits per heavy atom. The third kappa shape index (κ3) is 4.01. The molecule has 0 aromatic heterocycles. The number of nitrogens with one attached hydrogen (secondary N) is 1. The van der Waals surface area contributed by atoms with Gasteiger partial charge >= 0.3 is 0 Å². The summed E-state index contributed by atoms with van der Waals surface area (Å²) in [6, 6.07) is 24.2. The number of anilines is 3. The second-order valence-corrected chi connectivity index (χ2v) is 7.00. The lowest BCUT2D eigenvalue weighted by molar-refractivity contribution is -0.115. The molecule has 142 valence electrons. The van der Waals surface area contributed by atoms with Crippen LogP contribution >= 0.6 is 0 Å². The monoisotopic (exact) mass is 372 g/mol. The third-order valence-electron chi connectivity index (χ3n) is 5.10. The molecule has 3 aromatic rings. The van der Waals surface area contributed by atoms with Crippen molar-refractivity contribution in [3.8, 4) is 5.75 Å². The maximum Gasteiger partial charge on any atom is 0.228 e. The first kappa shape index (κ1) is 18.1. The molecule has 0 spiro atoms. The molecule has 0 bridgehead atoms. The maximum absolute atomic E-state index is 12.3. The fraction of sp³-hybridized carbons (Fsp3) is 0.208. The van der Waals surface area contributed by atoms with Gasteiger partial charge < -0.3 is 15.0 Å². The molecule has 1 heterocycles. The Hall–Kier alpha value is -3.27. The van der Waals surface area contributed by atoms with Gasteiger partial charge in [-0.3, -0.25) is 4.79 Å². The summed E-state index contributed by atoms with van der Waals surface area (Å²) in [4.78, 5) is 14.7. The van der Waals surface area contributed by atoms with Crippen LogP contribution in [0.4, 0.5) is 17.1 Å². The van der Waals surface area contributed by atoms with Crippen molar-refractivity contribution in [2.24, 2.45) is 0 Å². The fourth-order valence-electron chi connectivity index (χ4n) is 3.66. The number of aryl methyl sites for hydroxylation is 1. The van der Waals surface area contributed by atoms with Gasteiger partial charge in [-0.1, -0.05) is 30.3 Å². The molecule has 1 aliphatic heterocycles. The van der Waals surface area contributed by atoms with Crippen LogP contribution in [0.1, 0.15) is 17.5 Å². The van der Waals surface area contributed by atoms with Crippen LogP contribution in [0.2, 0.25) is 0 Å². The highest BCUT2D eigenvalue weighted by Crippen LogP contribution is 2.33. The SMILES string of the molecule is COc1ccc(CC(=O)Nc2ccc(N3CCCc4ccccc43)cc2)cc1. The van der Waals surface area contributed by atoms with Crippen molar-refractivity contribution in [1.29, 1.82) is 0 Å². The van der Waals surface area contributed by atoms with Gasteiger partial charge in [0.05, 0.1) is 13.5 Å². The molecule has 4 heteroatoms. The summed E-state index contributed by atoms with van der Waals surface area (Å²) in [5.74, 6) is 0.764. The molecular formula is C24H24N2O2. The van der Waals surface area contributed by atoms with E-state index in [1.165, 1.54) is 11.3 Å². The molecule has 0 radical (unpaired) electrons. The molecule has 1 aliphatic rings. The third-order valence-corrected chi connectivity index (χ3v) is 5.10. The predicted molar refractivity (Wildman–Crippen MR) is 114 cm³/mol. The zero-order valence-electron chi connectivity index (χ0n) is 16.0. The average molecular weight is 372 g/mol. The number of fused-ring (bicyclic) bond motifs is 1. The van der Waals surface area contributed by atoms with Crippen LogP contribution in [-0.4, -0.2) is 19.6 Å². The molecule has 4 rings (SSSR count). The van der Waals surface area contributed by atoms with Crippen LogP contribution < -0.4 is 15.0 Å². The Morgan fingerprint density at radius 2 is 1.75 bits per heavy atom. The molecule has 0 saturated heterocycles. The Bertz CT molecular complexity index is 949. The summed E-state index contributed by atoms with van der Waals surface area (Å²) in [6.45, 7) is 1.01. The van der Waals surface area contributed by atoms with E-state index in [2.05, 4.69) is 46.6 Å². The van der Waals surface area contributed by atoms with Gasteiger partial charge in [0.25, 0.3) is 0 Å². The van der Waals surface area contributed by atoms with Crippen molar-refractivity contribution >= 4 is 23.0 Å². The van der Waals surface area contributed by atoms with E-state index in [9.17, 15) is 4.79 Å². The number of benzene rings is 3. The number of hydrogen-bond donors (Lipinski definition) is 1. The van der Waals surface area contributed by atoms with Gasteiger partial charge in [-0.15, -0.1) is 0 Å². The van der Waals surface area contributed by atoms with Gasteiger partial charge in [-0.25, -0.2) is 0 Å². The fourth-order valence-corrected chi connectivity index (χ4v) is 3.66. The standard InChI is InChI=1S/C24H24N2O2/c1-28-22-14-8-18(9-15-22)17-24(27)25-20-10-12-21(13-11-20)26-16-4-6-19-5-2-3-7-23(19)26/h2-3,5,7-15H,4,6,16-17H2,1H3,(H,25,27). The summed E-state index contributed by atoms with van der Waals surface area (Å²) in [6.07, 6.45) is 2.62. The summed E-state index contributed by atoms with van der Waals surface area (Å²) < 4.78 is 5.15. The molecule has 4 nitrogen and oxygen atoms in total. The Kier molecular flexibility index (Phi) is 5.29. The molecule has 0 unspecified atom stereocenters. The van der Waals surface area contributed by atoms with E-state index in [1.54, 1.807) is 7.11 Å². The molecular weight excluding hydrogens is 348 g/mol. The highest BCUT2D eigenvalue weighted by Gasteiger charge is 2.17. The number of nitrogens with zero attached hydrogens (tertiary/aromatic N) is 1. The second kappa shape index (κ2) is 8.17. The first-order chi connectivity index (χ1) is 13.7. The van der Waals surface area contributed by atoms with Crippen LogP contribution in [0.15, 0.2) is 72.8 Å². The van der Waals surface area contributed by atoms with Crippen molar-refractivity contribution in [2.75, 3.05) is 23.9 Å². The normalized spacial score (nSPS) is 13.0. The van der Waals surface area contributed by atoms with E-state index < -0.39 is 0 Å². The molecule has 1 N–H and O–H groups in total. The van der Waals surface area contributed by atoms with Crippen molar-refractivity contribution < 1.29 is 9.53 Å². The maximum atomic E-state index is 12.3. The minimum absolute atomic E-state index is 0.0266. The van der Waals surface area contributed by atoms with E-state index >= 15 is 0 Å². The van der Waals surface area contributed by atoms with Gasteiger partial charge in [0.15, 0.2) is 0 Å². The molecule has 0 fully saturated rings. The van der Waals surface area contributed by atoms with Gasteiger partial charge in [-0.05, 0) is 66.4 Å². The first-order valence-corrected chi connectivity index (χ1v) is 9.61. The number of methoxy groups -OCH3 is 1. The quantitative estimate of drug-likeness (QED) is 0.688. The number of hydrogen-bond acceptors (Lipinski definition) is 3. The van der Waals surface area contributed by atoms with Crippen LogP contribution in [0.25, 0.3) is 0 Å². The highest BCUT2D eigenvalue weighted by molar-refractivity contribution is 5.92. The molecule has 0 aliphatic carbocycles. The smallest absolute Gasteiger partial charge is 0.228 e. The average Bonchev–Trinajstić information content (AvgIpc) is 2.74. The van der Waals surface area contributed by atoms with E-state index in [4.69, 9.17) is 4.74 Å². The topological polar surface area (TPSA) is 41.6 Å². The number of carbonyl (C=O) groups is 1. The largest absolute Gasteiger partial charge is 0.497 e. The van der Waals surface area contributed by atoms with Crippen molar-refractivity contribution in [3.63, 3.8) is 0 Å². The zero-order valence-corrected chi connectivity index (χ0v) is 16.0. The number of carbonyl (C=O) groups excluding carboxylic acids is 1. The number of ether oxygens (including phenoxy) is 1. The van der Waals surface area contributed by atoms with Gasteiger partial charge in [-0.2, -0.15) is 0 Å². The summed E-state index contributed by atoms with van der Waals surface area (Å²) in [7, 11) is 1.63. The predicted octanol–water partition coefficient (Wildman–Crippen LogP) is 4.96. The van der Waals surface area contributed by atoms with Crippen LogP contribution in [0.3, 0.4) is 0 Å². The van der Waals surface area contributed by atoms with Crippen LogP contribution in [-0.2, 0) is 17.6 Å². The van der Waals surface area contributed by atoms with Crippen LogP contribution in [0, 0.1) is 0 Å². The number of para-hydroxylation sites is 1. The summed E-state index contributed by atoms with van der Waals surface area (Å²) >= 11 is 0. The van der Waals surface area contributed by atoms with Crippen molar-refractivity contribution in [1.82, 2.24) is 0 Å². The van der Waals surface area contributed by atoms with E-state index in [1.807, 2.05) is 36.4 Å². The Labute approximate surface area is 165 Å². The Balaban J connectivity index is 1.41. The molecule has 1 amide bonds. The van der Waals surface area contributed by atoms with E-state index in [0.717, 1.165) is 42.1 Å².